The van der Waals surface area contributed by atoms with Crippen molar-refractivity contribution in [3.63, 3.8) is 0 Å². The Morgan fingerprint density at radius 2 is 0.121 bits per heavy atom. The van der Waals surface area contributed by atoms with Crippen LogP contribution in [0.5, 0.6) is 0 Å². The van der Waals surface area contributed by atoms with Gasteiger partial charge in [-0.2, -0.15) is 0 Å². The predicted molar refractivity (Wildman–Crippen MR) is 304 cm³/mol. The normalized spacial score (nSPS) is 15.6. The van der Waals surface area contributed by atoms with Crippen LogP contribution in [0.3, 0.4) is 0 Å². The van der Waals surface area contributed by atoms with E-state index in [4.69, 9.17) is 0 Å². The van der Waals surface area contributed by atoms with Gasteiger partial charge in [0.05, 0.1) is 0 Å². The molecule has 334 valence electrons. The van der Waals surface area contributed by atoms with E-state index in [2.05, 4.69) is 0 Å². The zero-order valence-electron chi connectivity index (χ0n) is 39.0. The fourth-order valence-electron chi connectivity index (χ4n) is 4.07. The lowest BCUT2D eigenvalue weighted by molar-refractivity contribution is 1.73. The number of hydrogen-bond acceptors (Lipinski definition) is 0. The Morgan fingerprint density at radius 1 is 0.0758 bits per heavy atom. The zero-order chi connectivity index (χ0) is 47.3. The molecule has 0 aliphatic rings. The topological polar surface area (TPSA) is 0 Å². The first kappa shape index (κ1) is 57.7. The van der Waals surface area contributed by atoms with Crippen LogP contribution >= 0.6 is 0 Å². The summed E-state index contributed by atoms with van der Waals surface area (Å²) in [4.78, 5) is 0. The molecule has 0 aromatic rings. The van der Waals surface area contributed by atoms with Gasteiger partial charge in [-0.3, -0.25) is 0 Å². The largest absolute Gasteiger partial charge is 0.0877 e. The van der Waals surface area contributed by atoms with Gasteiger partial charge < -0.3 is 0 Å². The van der Waals surface area contributed by atoms with Gasteiger partial charge in [0.2, 0.25) is 0 Å². The first-order valence-electron chi connectivity index (χ1n) is 22.2. The fourth-order valence-corrected chi connectivity index (χ4v) is 4.07. The Bertz CT molecular complexity index is 2060. The number of allylic oxidation sites excluding steroid dienone is 64. The molecular weight excluding hydrogens is 793 g/mol. The van der Waals surface area contributed by atoms with Crippen LogP contribution in [0.25, 0.3) is 0 Å². The van der Waals surface area contributed by atoms with E-state index in [1.54, 1.807) is 0 Å². The van der Waals surface area contributed by atoms with E-state index in [-0.39, 0.29) is 0 Å². The predicted octanol–water partition coefficient (Wildman–Crippen LogP) is 18.8. The summed E-state index contributed by atoms with van der Waals surface area (Å²) < 4.78 is 0. The molecule has 0 atom stereocenters. The van der Waals surface area contributed by atoms with Crippen molar-refractivity contribution in [3.05, 3.63) is 389 Å². The highest BCUT2D eigenvalue weighted by atomic mass is 13.8. The van der Waals surface area contributed by atoms with E-state index in [0.717, 1.165) is 0 Å². The van der Waals surface area contributed by atoms with E-state index in [1.165, 1.54) is 0 Å². The first-order chi connectivity index (χ1) is 32.9. The van der Waals surface area contributed by atoms with Gasteiger partial charge in [0.25, 0.3) is 0 Å². The molecule has 0 aromatic carbocycles. The summed E-state index contributed by atoms with van der Waals surface area (Å²) in [5, 5.41) is 0. The molecular formula is C66H70. The first-order valence-corrected chi connectivity index (χ1v) is 22.2. The fraction of sp³-hybridized carbons (Fsp3) is 0.0303. The minimum Gasteiger partial charge on any atom is -0.0877 e. The van der Waals surface area contributed by atoms with E-state index >= 15 is 0 Å². The summed E-state index contributed by atoms with van der Waals surface area (Å²) >= 11 is 0. The lowest BCUT2D eigenvalue weighted by Crippen LogP contribution is -1.55. The average molecular weight is 863 g/mol. The monoisotopic (exact) mass is 863 g/mol. The van der Waals surface area contributed by atoms with E-state index < -0.39 is 0 Å². The van der Waals surface area contributed by atoms with E-state index in [9.17, 15) is 0 Å². The maximum absolute atomic E-state index is 2.00. The second-order valence-electron chi connectivity index (χ2n) is 12.6. The Morgan fingerprint density at radius 3 is 0.167 bits per heavy atom. The molecule has 0 saturated carbocycles. The summed E-state index contributed by atoms with van der Waals surface area (Å²) in [6.45, 7) is 4.00. The van der Waals surface area contributed by atoms with Gasteiger partial charge in [0.1, 0.15) is 0 Å². The van der Waals surface area contributed by atoms with Gasteiger partial charge in [-0.05, 0) is 13.8 Å². The van der Waals surface area contributed by atoms with Crippen molar-refractivity contribution < 1.29 is 0 Å². The summed E-state index contributed by atoms with van der Waals surface area (Å²) in [6.07, 6.45) is 128. The zero-order valence-corrected chi connectivity index (χ0v) is 39.0. The third-order valence-electron chi connectivity index (χ3n) is 7.16. The molecule has 0 aliphatic carbocycles. The Hall–Kier alpha value is -8.32. The smallest absolute Gasteiger partial charge is 0.0467 e. The van der Waals surface area contributed by atoms with Crippen molar-refractivity contribution in [2.75, 3.05) is 0 Å². The average Bonchev–Trinajstić information content (AvgIpc) is 3.33. The molecule has 0 rings (SSSR count). The van der Waals surface area contributed by atoms with Gasteiger partial charge in [0.15, 0.2) is 0 Å². The Kier molecular flexibility index (Phi) is 49.5. The van der Waals surface area contributed by atoms with Crippen molar-refractivity contribution in [3.8, 4) is 0 Å². The van der Waals surface area contributed by atoms with Crippen LogP contribution in [-0.4, -0.2) is 0 Å². The third kappa shape index (κ3) is 55.7. The molecule has 0 radical (unpaired) electrons. The molecule has 0 unspecified atom stereocenters. The molecule has 0 nitrogen and oxygen atoms in total. The quantitative estimate of drug-likeness (QED) is 0.0609. The maximum Gasteiger partial charge on any atom is -0.0467 e. The third-order valence-corrected chi connectivity index (χ3v) is 7.16. The van der Waals surface area contributed by atoms with Crippen LogP contribution in [0.15, 0.2) is 389 Å². The number of rotatable bonds is 31. The van der Waals surface area contributed by atoms with Crippen molar-refractivity contribution in [2.45, 2.75) is 13.8 Å². The maximum atomic E-state index is 2.00. The lowest BCUT2D eigenvalue weighted by atomic mass is 10.3. The Labute approximate surface area is 400 Å². The molecule has 0 spiro atoms. The Balaban J connectivity index is 4.09. The molecule has 66 heavy (non-hydrogen) atoms. The van der Waals surface area contributed by atoms with Crippen LogP contribution in [0.4, 0.5) is 0 Å². The highest BCUT2D eigenvalue weighted by molar-refractivity contribution is 5.28. The lowest BCUT2D eigenvalue weighted by Gasteiger charge is -1.77. The standard InChI is InChI=1S/C66H70/c1-3-5-7-9-11-13-15-17-19-21-23-25-27-29-31-33-35-37-39-41-43-45-47-49-51-53-55-57-59-61-63-65-66-64-62-60-58-56-54-52-50-48-46-44-42-40-38-36-34-32-30-28-26-24-22-20-18-16-14-12-10-8-6-4-2/h3-66H,1-2H3. The second-order valence-corrected chi connectivity index (χ2v) is 12.6. The van der Waals surface area contributed by atoms with Gasteiger partial charge >= 0.3 is 0 Å². The molecule has 0 heteroatoms. The van der Waals surface area contributed by atoms with Crippen molar-refractivity contribution in [1.82, 2.24) is 0 Å². The highest BCUT2D eigenvalue weighted by Crippen LogP contribution is 1.92. The summed E-state index contributed by atoms with van der Waals surface area (Å²) in [5.74, 6) is 0. The van der Waals surface area contributed by atoms with Crippen LogP contribution in [0.1, 0.15) is 13.8 Å². The number of hydrogen-bond donors (Lipinski definition) is 0. The highest BCUT2D eigenvalue weighted by Gasteiger charge is 1.70. The SMILES string of the molecule is CC=CC=CC=CC=CC=CC=CC=CC=CC=CC=CC=CC=CC=CC=CC=CC=CC=CC=CC=CC=CC=CC=CC=CC=CC=CC=CC=CC=CC=CC=CC=CC=CC. The molecule has 0 bridgehead atoms. The van der Waals surface area contributed by atoms with E-state index in [0.29, 0.717) is 0 Å². The van der Waals surface area contributed by atoms with Gasteiger partial charge in [-0.15, -0.1) is 0 Å². The van der Waals surface area contributed by atoms with Crippen LogP contribution in [0.2, 0.25) is 0 Å². The van der Waals surface area contributed by atoms with Gasteiger partial charge in [-0.25, -0.2) is 0 Å². The van der Waals surface area contributed by atoms with Crippen LogP contribution in [-0.2, 0) is 0 Å². The molecule has 0 aliphatic heterocycles. The van der Waals surface area contributed by atoms with Crippen molar-refractivity contribution in [1.29, 1.82) is 0 Å². The van der Waals surface area contributed by atoms with Crippen LogP contribution in [0, 0.1) is 0 Å². The molecule has 0 N–H and O–H groups in total. The van der Waals surface area contributed by atoms with Crippen molar-refractivity contribution in [2.24, 2.45) is 0 Å². The summed E-state index contributed by atoms with van der Waals surface area (Å²) in [6, 6.07) is 0. The van der Waals surface area contributed by atoms with Gasteiger partial charge in [-0.1, -0.05) is 389 Å². The molecule has 0 amide bonds. The minimum atomic E-state index is 2.00. The second kappa shape index (κ2) is 56.7. The van der Waals surface area contributed by atoms with E-state index in [1.807, 2.05) is 403 Å². The molecule has 0 heterocycles. The summed E-state index contributed by atoms with van der Waals surface area (Å²) in [5.41, 5.74) is 0. The van der Waals surface area contributed by atoms with Crippen molar-refractivity contribution >= 4 is 0 Å². The molecule has 0 aromatic heterocycles. The van der Waals surface area contributed by atoms with Crippen LogP contribution < -0.4 is 0 Å². The molecule has 0 fully saturated rings. The molecule has 0 saturated heterocycles. The minimum absolute atomic E-state index is 2.00. The summed E-state index contributed by atoms with van der Waals surface area (Å²) in [7, 11) is 0. The van der Waals surface area contributed by atoms with Gasteiger partial charge in [0, 0.05) is 0 Å².